The van der Waals surface area contributed by atoms with Gasteiger partial charge in [0.05, 0.1) is 11.0 Å². The zero-order valence-electron chi connectivity index (χ0n) is 15.7. The van der Waals surface area contributed by atoms with Crippen LogP contribution < -0.4 is 5.73 Å². The Kier molecular flexibility index (Phi) is 3.30. The molecule has 140 valence electrons. The average Bonchev–Trinajstić information content (AvgIpc) is 2.95. The zero-order valence-corrected chi connectivity index (χ0v) is 15.7. The van der Waals surface area contributed by atoms with E-state index in [1.54, 1.807) is 0 Å². The summed E-state index contributed by atoms with van der Waals surface area (Å²) in [5, 5.41) is 2.12. The molecule has 2 aromatic rings. The average molecular weight is 364 g/mol. The van der Waals surface area contributed by atoms with Crippen molar-refractivity contribution < 1.29 is 14.3 Å². The van der Waals surface area contributed by atoms with Gasteiger partial charge in [-0.2, -0.15) is 0 Å². The normalized spacial score (nSPS) is 28.5. The molecule has 1 saturated carbocycles. The molecule has 0 bridgehead atoms. The Hall–Kier alpha value is -2.40. The number of hydrogen-bond donors (Lipinski definition) is 1. The first-order valence-corrected chi connectivity index (χ1v) is 9.55. The summed E-state index contributed by atoms with van der Waals surface area (Å²) in [7, 11) is 0. The Bertz CT molecular complexity index is 996. The fourth-order valence-electron chi connectivity index (χ4n) is 5.87. The number of nitrogens with zero attached hydrogens (tertiary/aromatic N) is 1. The zero-order chi connectivity index (χ0) is 19.0. The maximum Gasteiger partial charge on any atom is 0.339 e. The Morgan fingerprint density at radius 3 is 2.81 bits per heavy atom. The van der Waals surface area contributed by atoms with Gasteiger partial charge in [0, 0.05) is 25.0 Å². The maximum atomic E-state index is 12.2. The number of carbonyl (C=O) groups excluding carboxylic acids is 2. The van der Waals surface area contributed by atoms with Crippen molar-refractivity contribution in [2.75, 3.05) is 13.1 Å². The van der Waals surface area contributed by atoms with Crippen LogP contribution in [0.4, 0.5) is 0 Å². The summed E-state index contributed by atoms with van der Waals surface area (Å²) >= 11 is 0. The Morgan fingerprint density at radius 1 is 1.30 bits per heavy atom. The van der Waals surface area contributed by atoms with Gasteiger partial charge >= 0.3 is 5.97 Å². The molecule has 2 aliphatic heterocycles. The van der Waals surface area contributed by atoms with E-state index in [4.69, 9.17) is 10.5 Å². The van der Waals surface area contributed by atoms with Crippen LogP contribution >= 0.6 is 0 Å². The van der Waals surface area contributed by atoms with Gasteiger partial charge in [-0.05, 0) is 40.3 Å². The largest absolute Gasteiger partial charge is 0.457 e. The minimum atomic E-state index is -0.375. The van der Waals surface area contributed by atoms with E-state index >= 15 is 0 Å². The lowest BCUT2D eigenvalue weighted by atomic mass is 9.48. The molecule has 27 heavy (non-hydrogen) atoms. The van der Waals surface area contributed by atoms with Crippen molar-refractivity contribution in [2.24, 2.45) is 22.5 Å². The Morgan fingerprint density at radius 2 is 2.11 bits per heavy atom. The number of carbonyl (C=O) groups is 2. The molecule has 1 aliphatic carbocycles. The predicted octanol–water partition coefficient (Wildman–Crippen LogP) is 2.84. The molecule has 1 saturated heterocycles. The van der Waals surface area contributed by atoms with E-state index in [2.05, 4.69) is 36.9 Å². The van der Waals surface area contributed by atoms with E-state index in [0.717, 1.165) is 42.4 Å². The second-order valence-electron chi connectivity index (χ2n) is 9.10. The van der Waals surface area contributed by atoms with Crippen molar-refractivity contribution in [1.82, 2.24) is 4.90 Å². The highest BCUT2D eigenvalue weighted by molar-refractivity contribution is 6.08. The molecule has 5 nitrogen and oxygen atoms in total. The van der Waals surface area contributed by atoms with Crippen LogP contribution in [0, 0.1) is 16.7 Å². The smallest absolute Gasteiger partial charge is 0.339 e. The van der Waals surface area contributed by atoms with Gasteiger partial charge in [0.1, 0.15) is 6.61 Å². The van der Waals surface area contributed by atoms with Gasteiger partial charge in [-0.1, -0.05) is 38.1 Å². The molecule has 3 aliphatic rings. The van der Waals surface area contributed by atoms with Gasteiger partial charge in [0.15, 0.2) is 0 Å². The van der Waals surface area contributed by atoms with Gasteiger partial charge < -0.3 is 10.5 Å². The fourth-order valence-corrected chi connectivity index (χ4v) is 5.87. The molecule has 0 aromatic heterocycles. The summed E-state index contributed by atoms with van der Waals surface area (Å²) in [4.78, 5) is 26.7. The van der Waals surface area contributed by atoms with Gasteiger partial charge in [-0.3, -0.25) is 9.69 Å². The SMILES string of the molecule is CC1(C)C[C@]2(C(N)=O)CN(Cc3ccc4c5c(cccc35)C(=O)OC4)C[C@H]12. The minimum Gasteiger partial charge on any atom is -0.457 e. The fraction of sp³-hybridized carbons (Fsp3) is 0.455. The molecule has 1 amide bonds. The van der Waals surface area contributed by atoms with Gasteiger partial charge in [0.2, 0.25) is 5.91 Å². The molecular formula is C22H24N2O3. The molecular weight excluding hydrogens is 340 g/mol. The highest BCUT2D eigenvalue weighted by Gasteiger charge is 2.65. The number of esters is 1. The first-order chi connectivity index (χ1) is 12.8. The molecule has 0 unspecified atom stereocenters. The number of ether oxygens (including phenoxy) is 1. The second-order valence-corrected chi connectivity index (χ2v) is 9.10. The first-order valence-electron chi connectivity index (χ1n) is 9.55. The topological polar surface area (TPSA) is 72.6 Å². The molecule has 5 rings (SSSR count). The van der Waals surface area contributed by atoms with Crippen molar-refractivity contribution in [1.29, 1.82) is 0 Å². The van der Waals surface area contributed by atoms with E-state index < -0.39 is 0 Å². The third-order valence-corrected chi connectivity index (χ3v) is 7.01. The molecule has 2 N–H and O–H groups in total. The molecule has 5 heteroatoms. The van der Waals surface area contributed by atoms with E-state index in [1.807, 2.05) is 12.1 Å². The van der Waals surface area contributed by atoms with Gasteiger partial charge in [0.25, 0.3) is 0 Å². The number of primary amides is 1. The quantitative estimate of drug-likeness (QED) is 0.850. The summed E-state index contributed by atoms with van der Waals surface area (Å²) in [6.07, 6.45) is 0.867. The standard InChI is InChI=1S/C22H24N2O3/c1-21(2)11-22(20(23)26)12-24(9-17(21)22)8-13-6-7-14-10-27-19(25)16-5-3-4-15(13)18(14)16/h3-7,17H,8-12H2,1-2H3,(H2,23,26)/t17-,22+/m1/s1. The molecule has 2 fully saturated rings. The number of benzene rings is 2. The molecule has 0 radical (unpaired) electrons. The van der Waals surface area contributed by atoms with Crippen molar-refractivity contribution in [3.05, 3.63) is 47.0 Å². The third-order valence-electron chi connectivity index (χ3n) is 7.01. The summed E-state index contributed by atoms with van der Waals surface area (Å²) < 4.78 is 5.27. The Labute approximate surface area is 158 Å². The summed E-state index contributed by atoms with van der Waals surface area (Å²) in [6, 6.07) is 10.0. The van der Waals surface area contributed by atoms with E-state index in [-0.39, 0.29) is 22.7 Å². The van der Waals surface area contributed by atoms with Crippen molar-refractivity contribution in [3.63, 3.8) is 0 Å². The van der Waals surface area contributed by atoms with Crippen molar-refractivity contribution in [2.45, 2.75) is 33.4 Å². The van der Waals surface area contributed by atoms with Crippen LogP contribution in [0.2, 0.25) is 0 Å². The highest BCUT2D eigenvalue weighted by Crippen LogP contribution is 2.62. The van der Waals surface area contributed by atoms with Crippen LogP contribution in [0.1, 0.15) is 41.8 Å². The lowest BCUT2D eigenvalue weighted by Gasteiger charge is -2.54. The van der Waals surface area contributed by atoms with Crippen molar-refractivity contribution >= 4 is 22.6 Å². The van der Waals surface area contributed by atoms with E-state index in [9.17, 15) is 9.59 Å². The summed E-state index contributed by atoms with van der Waals surface area (Å²) in [5.41, 5.74) is 8.47. The number of likely N-dealkylation sites (tertiary alicyclic amines) is 1. The summed E-state index contributed by atoms with van der Waals surface area (Å²) in [6.45, 7) is 7.17. The van der Waals surface area contributed by atoms with Crippen molar-refractivity contribution in [3.8, 4) is 0 Å². The lowest BCUT2D eigenvalue weighted by molar-refractivity contribution is -0.148. The number of nitrogens with two attached hydrogens (primary N) is 1. The molecule has 0 spiro atoms. The number of cyclic esters (lactones) is 1. The molecule has 2 atom stereocenters. The van der Waals surface area contributed by atoms with Crippen LogP contribution in [0.3, 0.4) is 0 Å². The van der Waals surface area contributed by atoms with Crippen LogP contribution in [0.15, 0.2) is 30.3 Å². The van der Waals surface area contributed by atoms with Gasteiger partial charge in [-0.15, -0.1) is 0 Å². The predicted molar refractivity (Wildman–Crippen MR) is 102 cm³/mol. The number of rotatable bonds is 3. The van der Waals surface area contributed by atoms with E-state index in [1.165, 1.54) is 5.56 Å². The Balaban J connectivity index is 1.50. The maximum absolute atomic E-state index is 12.2. The van der Waals surface area contributed by atoms with Crippen LogP contribution in [-0.2, 0) is 22.7 Å². The lowest BCUT2D eigenvalue weighted by Crippen LogP contribution is -2.59. The van der Waals surface area contributed by atoms with Crippen LogP contribution in [0.5, 0.6) is 0 Å². The second kappa shape index (κ2) is 5.32. The van der Waals surface area contributed by atoms with Crippen LogP contribution in [0.25, 0.3) is 10.8 Å². The number of amides is 1. The van der Waals surface area contributed by atoms with E-state index in [0.29, 0.717) is 18.1 Å². The highest BCUT2D eigenvalue weighted by atomic mass is 16.5. The number of hydrogen-bond acceptors (Lipinski definition) is 4. The first kappa shape index (κ1) is 16.8. The minimum absolute atomic E-state index is 0.158. The van der Waals surface area contributed by atoms with Gasteiger partial charge in [-0.25, -0.2) is 4.79 Å². The monoisotopic (exact) mass is 364 g/mol. The molecule has 2 heterocycles. The van der Waals surface area contributed by atoms with Crippen LogP contribution in [-0.4, -0.2) is 29.9 Å². The molecule has 2 aromatic carbocycles. The number of fused-ring (bicyclic) bond motifs is 1. The summed E-state index contributed by atoms with van der Waals surface area (Å²) in [5.74, 6) is -0.0923. The third kappa shape index (κ3) is 2.21.